The largest absolute Gasteiger partial charge is 0.308 e. The van der Waals surface area contributed by atoms with Crippen molar-refractivity contribution < 1.29 is 0 Å². The second-order valence-corrected chi connectivity index (χ2v) is 4.06. The van der Waals surface area contributed by atoms with Gasteiger partial charge in [0, 0.05) is 23.1 Å². The van der Waals surface area contributed by atoms with Crippen molar-refractivity contribution >= 4 is 5.82 Å². The van der Waals surface area contributed by atoms with Gasteiger partial charge in [-0.15, -0.1) is 0 Å². The SMILES string of the molecule is CCc1nc(Cc2ccccn2)nc(NN)c1C. The molecule has 0 aliphatic carbocycles. The topological polar surface area (TPSA) is 76.7 Å². The Morgan fingerprint density at radius 1 is 1.28 bits per heavy atom. The second-order valence-electron chi connectivity index (χ2n) is 4.06. The fourth-order valence-electron chi connectivity index (χ4n) is 1.84. The summed E-state index contributed by atoms with van der Waals surface area (Å²) in [7, 11) is 0. The lowest BCUT2D eigenvalue weighted by molar-refractivity contribution is 0.874. The molecule has 0 saturated carbocycles. The Labute approximate surface area is 106 Å². The van der Waals surface area contributed by atoms with Gasteiger partial charge in [-0.25, -0.2) is 15.8 Å². The van der Waals surface area contributed by atoms with Gasteiger partial charge in [0.25, 0.3) is 0 Å². The van der Waals surface area contributed by atoms with Crippen LogP contribution in [0, 0.1) is 6.92 Å². The first-order chi connectivity index (χ1) is 8.74. The van der Waals surface area contributed by atoms with Gasteiger partial charge in [0.15, 0.2) is 0 Å². The molecule has 0 fully saturated rings. The predicted octanol–water partition coefficient (Wildman–Crippen LogP) is 1.62. The first kappa shape index (κ1) is 12.4. The van der Waals surface area contributed by atoms with E-state index < -0.39 is 0 Å². The summed E-state index contributed by atoms with van der Waals surface area (Å²) < 4.78 is 0. The summed E-state index contributed by atoms with van der Waals surface area (Å²) in [6.07, 6.45) is 3.24. The quantitative estimate of drug-likeness (QED) is 0.630. The average molecular weight is 243 g/mol. The molecule has 0 aliphatic rings. The van der Waals surface area contributed by atoms with E-state index in [0.29, 0.717) is 12.2 Å². The van der Waals surface area contributed by atoms with Gasteiger partial charge in [-0.1, -0.05) is 13.0 Å². The molecule has 2 aromatic heterocycles. The molecule has 18 heavy (non-hydrogen) atoms. The van der Waals surface area contributed by atoms with E-state index in [1.54, 1.807) is 6.20 Å². The maximum atomic E-state index is 5.48. The third-order valence-electron chi connectivity index (χ3n) is 2.83. The van der Waals surface area contributed by atoms with Crippen LogP contribution >= 0.6 is 0 Å². The molecule has 0 atom stereocenters. The van der Waals surface area contributed by atoms with Crippen LogP contribution in [0.1, 0.15) is 29.7 Å². The van der Waals surface area contributed by atoms with E-state index in [-0.39, 0.29) is 0 Å². The van der Waals surface area contributed by atoms with Crippen molar-refractivity contribution in [1.29, 1.82) is 0 Å². The Morgan fingerprint density at radius 2 is 2.11 bits per heavy atom. The number of nitrogen functional groups attached to an aromatic ring is 1. The summed E-state index contributed by atoms with van der Waals surface area (Å²) in [5.41, 5.74) is 5.60. The Balaban J connectivity index is 2.34. The smallest absolute Gasteiger partial charge is 0.146 e. The van der Waals surface area contributed by atoms with Gasteiger partial charge in [0.1, 0.15) is 11.6 Å². The lowest BCUT2D eigenvalue weighted by Crippen LogP contribution is -2.14. The molecule has 2 aromatic rings. The first-order valence-corrected chi connectivity index (χ1v) is 5.97. The number of nitrogens with two attached hydrogens (primary N) is 1. The van der Waals surface area contributed by atoms with Crippen molar-refractivity contribution in [3.05, 3.63) is 47.2 Å². The first-order valence-electron chi connectivity index (χ1n) is 5.97. The standard InChI is InChI=1S/C13H17N5/c1-3-11-9(2)13(18-14)17-12(16-11)8-10-6-4-5-7-15-10/h4-7H,3,8,14H2,1-2H3,(H,16,17,18). The molecule has 2 heterocycles. The van der Waals surface area contributed by atoms with Gasteiger partial charge in [-0.3, -0.25) is 4.98 Å². The monoisotopic (exact) mass is 243 g/mol. The highest BCUT2D eigenvalue weighted by Gasteiger charge is 2.09. The van der Waals surface area contributed by atoms with E-state index in [2.05, 4.69) is 27.3 Å². The molecule has 0 radical (unpaired) electrons. The number of nitrogens with zero attached hydrogens (tertiary/aromatic N) is 3. The minimum Gasteiger partial charge on any atom is -0.308 e. The van der Waals surface area contributed by atoms with Gasteiger partial charge in [0.2, 0.25) is 0 Å². The number of rotatable bonds is 4. The van der Waals surface area contributed by atoms with Crippen molar-refractivity contribution in [1.82, 2.24) is 15.0 Å². The van der Waals surface area contributed by atoms with Gasteiger partial charge in [0.05, 0.1) is 6.42 Å². The number of pyridine rings is 1. The number of aromatic nitrogens is 3. The highest BCUT2D eigenvalue weighted by atomic mass is 15.3. The maximum Gasteiger partial charge on any atom is 0.146 e. The molecular weight excluding hydrogens is 226 g/mol. The third kappa shape index (κ3) is 2.62. The van der Waals surface area contributed by atoms with Crippen molar-refractivity contribution in [3.63, 3.8) is 0 Å². The molecule has 94 valence electrons. The average Bonchev–Trinajstić information content (AvgIpc) is 2.41. The Bertz CT molecular complexity index is 499. The number of anilines is 1. The number of hydrazine groups is 1. The summed E-state index contributed by atoms with van der Waals surface area (Å²) in [5.74, 6) is 6.91. The molecule has 0 aliphatic heterocycles. The number of aryl methyl sites for hydroxylation is 1. The lowest BCUT2D eigenvalue weighted by Gasteiger charge is -2.10. The minimum absolute atomic E-state index is 0.614. The van der Waals surface area contributed by atoms with Gasteiger partial charge in [-0.2, -0.15) is 0 Å². The molecule has 0 saturated heterocycles. The van der Waals surface area contributed by atoms with Crippen LogP contribution < -0.4 is 11.3 Å². The molecule has 0 spiro atoms. The van der Waals surface area contributed by atoms with Gasteiger partial charge >= 0.3 is 0 Å². The van der Waals surface area contributed by atoms with Crippen molar-refractivity contribution in [3.8, 4) is 0 Å². The second kappa shape index (κ2) is 5.55. The minimum atomic E-state index is 0.614. The van der Waals surface area contributed by atoms with Crippen LogP contribution in [0.3, 0.4) is 0 Å². The molecule has 2 rings (SSSR count). The Morgan fingerprint density at radius 3 is 2.72 bits per heavy atom. The van der Waals surface area contributed by atoms with E-state index in [1.807, 2.05) is 25.1 Å². The van der Waals surface area contributed by atoms with E-state index in [1.165, 1.54) is 0 Å². The molecule has 0 unspecified atom stereocenters. The zero-order valence-corrected chi connectivity index (χ0v) is 10.6. The van der Waals surface area contributed by atoms with Gasteiger partial charge < -0.3 is 5.43 Å². The summed E-state index contributed by atoms with van der Waals surface area (Å²) in [6.45, 7) is 4.04. The van der Waals surface area contributed by atoms with Crippen molar-refractivity contribution in [2.24, 2.45) is 5.84 Å². The number of hydrogen-bond donors (Lipinski definition) is 2. The summed E-state index contributed by atoms with van der Waals surface area (Å²) >= 11 is 0. The summed E-state index contributed by atoms with van der Waals surface area (Å²) in [4.78, 5) is 13.2. The fourth-order valence-corrected chi connectivity index (χ4v) is 1.84. The van der Waals surface area contributed by atoms with Crippen LogP contribution in [0.4, 0.5) is 5.82 Å². The predicted molar refractivity (Wildman–Crippen MR) is 71.0 cm³/mol. The summed E-state index contributed by atoms with van der Waals surface area (Å²) in [6, 6.07) is 5.81. The van der Waals surface area contributed by atoms with E-state index >= 15 is 0 Å². The number of nitrogens with one attached hydrogen (secondary N) is 1. The van der Waals surface area contributed by atoms with Gasteiger partial charge in [-0.05, 0) is 25.5 Å². The highest BCUT2D eigenvalue weighted by Crippen LogP contribution is 2.16. The van der Waals surface area contributed by atoms with E-state index in [0.717, 1.165) is 29.2 Å². The zero-order chi connectivity index (χ0) is 13.0. The highest BCUT2D eigenvalue weighted by molar-refractivity contribution is 5.45. The molecule has 0 bridgehead atoms. The Kier molecular flexibility index (Phi) is 3.84. The molecule has 3 N–H and O–H groups in total. The van der Waals surface area contributed by atoms with Crippen LogP contribution in [0.25, 0.3) is 0 Å². The molecular formula is C13H17N5. The molecule has 0 aromatic carbocycles. The number of hydrogen-bond acceptors (Lipinski definition) is 5. The third-order valence-corrected chi connectivity index (χ3v) is 2.83. The molecule has 0 amide bonds. The van der Waals surface area contributed by atoms with Crippen molar-refractivity contribution in [2.45, 2.75) is 26.7 Å². The summed E-state index contributed by atoms with van der Waals surface area (Å²) in [5, 5.41) is 0. The van der Waals surface area contributed by atoms with E-state index in [9.17, 15) is 0 Å². The van der Waals surface area contributed by atoms with Crippen molar-refractivity contribution in [2.75, 3.05) is 5.43 Å². The van der Waals surface area contributed by atoms with Crippen LogP contribution in [0.2, 0.25) is 0 Å². The van der Waals surface area contributed by atoms with Crippen LogP contribution in [-0.2, 0) is 12.8 Å². The van der Waals surface area contributed by atoms with E-state index in [4.69, 9.17) is 5.84 Å². The maximum absolute atomic E-state index is 5.48. The lowest BCUT2D eigenvalue weighted by atomic mass is 10.2. The van der Waals surface area contributed by atoms with Crippen LogP contribution in [-0.4, -0.2) is 15.0 Å². The molecule has 5 heteroatoms. The normalized spacial score (nSPS) is 10.4. The molecule has 5 nitrogen and oxygen atoms in total. The van der Waals surface area contributed by atoms with Crippen LogP contribution in [0.5, 0.6) is 0 Å². The van der Waals surface area contributed by atoms with Crippen LogP contribution in [0.15, 0.2) is 24.4 Å². The Hall–Kier alpha value is -2.01. The fraction of sp³-hybridized carbons (Fsp3) is 0.308. The zero-order valence-electron chi connectivity index (χ0n) is 10.6.